The fraction of sp³-hybridized carbons (Fsp3) is 1.00. The molecule has 2 fully saturated rings. The molecule has 1 heterocycles. The third kappa shape index (κ3) is 1.98. The van der Waals surface area contributed by atoms with E-state index in [1.165, 1.54) is 45.1 Å². The number of likely N-dealkylation sites (tertiary alicyclic amines) is 1. The summed E-state index contributed by atoms with van der Waals surface area (Å²) in [5.41, 5.74) is 0.482. The van der Waals surface area contributed by atoms with Crippen molar-refractivity contribution < 1.29 is 0 Å². The molecule has 1 saturated heterocycles. The van der Waals surface area contributed by atoms with Crippen LogP contribution in [-0.2, 0) is 0 Å². The molecule has 0 aromatic carbocycles. The standard InChI is InChI=1S/C13H25N/c1-13(2,3)12-9-4-5-10-14(12)11-7-6-8-11/h11-12H,4-10H2,1-3H3. The summed E-state index contributed by atoms with van der Waals surface area (Å²) in [5, 5.41) is 0. The van der Waals surface area contributed by atoms with Gasteiger partial charge in [0, 0.05) is 12.1 Å². The van der Waals surface area contributed by atoms with E-state index in [1.807, 2.05) is 0 Å². The Morgan fingerprint density at radius 2 is 1.64 bits per heavy atom. The van der Waals surface area contributed by atoms with Gasteiger partial charge >= 0.3 is 0 Å². The number of rotatable bonds is 1. The highest BCUT2D eigenvalue weighted by molar-refractivity contribution is 4.92. The molecular weight excluding hydrogens is 170 g/mol. The van der Waals surface area contributed by atoms with E-state index >= 15 is 0 Å². The molecule has 2 aliphatic rings. The highest BCUT2D eigenvalue weighted by Gasteiger charge is 2.37. The quantitative estimate of drug-likeness (QED) is 0.619. The molecule has 82 valence electrons. The van der Waals surface area contributed by atoms with E-state index in [0.717, 1.165) is 12.1 Å². The lowest BCUT2D eigenvalue weighted by atomic mass is 9.77. The molecule has 1 nitrogen and oxygen atoms in total. The fourth-order valence-electron chi connectivity index (χ4n) is 3.04. The van der Waals surface area contributed by atoms with Crippen LogP contribution < -0.4 is 0 Å². The van der Waals surface area contributed by atoms with Crippen molar-refractivity contribution in [2.45, 2.75) is 71.4 Å². The highest BCUT2D eigenvalue weighted by Crippen LogP contribution is 2.37. The molecule has 0 spiro atoms. The van der Waals surface area contributed by atoms with Crippen LogP contribution in [0.3, 0.4) is 0 Å². The van der Waals surface area contributed by atoms with Gasteiger partial charge < -0.3 is 0 Å². The summed E-state index contributed by atoms with van der Waals surface area (Å²) >= 11 is 0. The highest BCUT2D eigenvalue weighted by atomic mass is 15.2. The summed E-state index contributed by atoms with van der Waals surface area (Å²) in [4.78, 5) is 2.83. The molecular formula is C13H25N. The second kappa shape index (κ2) is 3.84. The monoisotopic (exact) mass is 195 g/mol. The predicted octanol–water partition coefficient (Wildman–Crippen LogP) is 3.44. The van der Waals surface area contributed by atoms with Gasteiger partial charge in [-0.15, -0.1) is 0 Å². The molecule has 0 aromatic heterocycles. The Kier molecular flexibility index (Phi) is 2.88. The lowest BCUT2D eigenvalue weighted by Gasteiger charge is -2.50. The molecule has 1 aliphatic heterocycles. The van der Waals surface area contributed by atoms with Crippen LogP contribution in [0.5, 0.6) is 0 Å². The molecule has 0 bridgehead atoms. The first kappa shape index (κ1) is 10.5. The van der Waals surface area contributed by atoms with E-state index in [4.69, 9.17) is 0 Å². The maximum atomic E-state index is 2.83. The first-order valence-electron chi connectivity index (χ1n) is 6.35. The Bertz CT molecular complexity index is 188. The minimum absolute atomic E-state index is 0.482. The van der Waals surface area contributed by atoms with E-state index in [2.05, 4.69) is 25.7 Å². The van der Waals surface area contributed by atoms with Crippen molar-refractivity contribution in [1.29, 1.82) is 0 Å². The van der Waals surface area contributed by atoms with Gasteiger partial charge in [-0.2, -0.15) is 0 Å². The topological polar surface area (TPSA) is 3.24 Å². The van der Waals surface area contributed by atoms with Gasteiger partial charge in [0.1, 0.15) is 0 Å². The SMILES string of the molecule is CC(C)(C)C1CCCCN1C1CCC1. The molecule has 1 atom stereocenters. The zero-order chi connectivity index (χ0) is 10.2. The second-order valence-corrected chi connectivity index (χ2v) is 6.20. The molecule has 1 heteroatoms. The summed E-state index contributed by atoms with van der Waals surface area (Å²) in [6.07, 6.45) is 8.71. The van der Waals surface area contributed by atoms with Crippen molar-refractivity contribution >= 4 is 0 Å². The first-order valence-corrected chi connectivity index (χ1v) is 6.35. The number of nitrogens with zero attached hydrogens (tertiary/aromatic N) is 1. The van der Waals surface area contributed by atoms with Gasteiger partial charge in [0.05, 0.1) is 0 Å². The summed E-state index contributed by atoms with van der Waals surface area (Å²) in [6, 6.07) is 1.79. The van der Waals surface area contributed by atoms with Crippen LogP contribution in [0, 0.1) is 5.41 Å². The molecule has 1 unspecified atom stereocenters. The lowest BCUT2D eigenvalue weighted by Crippen LogP contribution is -2.53. The third-order valence-electron chi connectivity index (χ3n) is 4.09. The normalized spacial score (nSPS) is 31.5. The maximum Gasteiger partial charge on any atom is 0.0147 e. The third-order valence-corrected chi connectivity index (χ3v) is 4.09. The van der Waals surface area contributed by atoms with Gasteiger partial charge in [-0.25, -0.2) is 0 Å². The first-order chi connectivity index (χ1) is 6.59. The van der Waals surface area contributed by atoms with E-state index in [9.17, 15) is 0 Å². The zero-order valence-electron chi connectivity index (χ0n) is 10.1. The molecule has 2 rings (SSSR count). The number of hydrogen-bond acceptors (Lipinski definition) is 1. The summed E-state index contributed by atoms with van der Waals surface area (Å²) in [5.74, 6) is 0. The van der Waals surface area contributed by atoms with E-state index in [0.29, 0.717) is 5.41 Å². The van der Waals surface area contributed by atoms with Crippen LogP contribution in [0.2, 0.25) is 0 Å². The Labute approximate surface area is 88.9 Å². The van der Waals surface area contributed by atoms with Crippen LogP contribution in [0.15, 0.2) is 0 Å². The summed E-state index contributed by atoms with van der Waals surface area (Å²) in [6.45, 7) is 8.60. The summed E-state index contributed by atoms with van der Waals surface area (Å²) in [7, 11) is 0. The van der Waals surface area contributed by atoms with Crippen LogP contribution in [0.4, 0.5) is 0 Å². The van der Waals surface area contributed by atoms with Crippen molar-refractivity contribution in [2.75, 3.05) is 6.54 Å². The lowest BCUT2D eigenvalue weighted by molar-refractivity contribution is -0.000808. The molecule has 14 heavy (non-hydrogen) atoms. The Morgan fingerprint density at radius 3 is 2.14 bits per heavy atom. The number of piperidine rings is 1. The van der Waals surface area contributed by atoms with Gasteiger partial charge in [0.25, 0.3) is 0 Å². The van der Waals surface area contributed by atoms with Gasteiger partial charge in [-0.1, -0.05) is 33.6 Å². The maximum absolute atomic E-state index is 2.83. The van der Waals surface area contributed by atoms with Crippen molar-refractivity contribution in [1.82, 2.24) is 4.90 Å². The largest absolute Gasteiger partial charge is 0.297 e. The smallest absolute Gasteiger partial charge is 0.0147 e. The van der Waals surface area contributed by atoms with Crippen molar-refractivity contribution in [3.8, 4) is 0 Å². The van der Waals surface area contributed by atoms with Crippen LogP contribution in [0.25, 0.3) is 0 Å². The van der Waals surface area contributed by atoms with Gasteiger partial charge in [-0.05, 0) is 37.6 Å². The Morgan fingerprint density at radius 1 is 0.929 bits per heavy atom. The van der Waals surface area contributed by atoms with Crippen molar-refractivity contribution in [2.24, 2.45) is 5.41 Å². The average molecular weight is 195 g/mol. The van der Waals surface area contributed by atoms with Crippen LogP contribution in [-0.4, -0.2) is 23.5 Å². The molecule has 1 aliphatic carbocycles. The second-order valence-electron chi connectivity index (χ2n) is 6.20. The van der Waals surface area contributed by atoms with Crippen molar-refractivity contribution in [3.63, 3.8) is 0 Å². The zero-order valence-corrected chi connectivity index (χ0v) is 10.1. The Hall–Kier alpha value is -0.0400. The van der Waals surface area contributed by atoms with Gasteiger partial charge in [0.15, 0.2) is 0 Å². The van der Waals surface area contributed by atoms with E-state index in [1.54, 1.807) is 0 Å². The molecule has 1 saturated carbocycles. The Balaban J connectivity index is 2.03. The van der Waals surface area contributed by atoms with Crippen molar-refractivity contribution in [3.05, 3.63) is 0 Å². The average Bonchev–Trinajstić information content (AvgIpc) is 2.00. The predicted molar refractivity (Wildman–Crippen MR) is 61.4 cm³/mol. The van der Waals surface area contributed by atoms with E-state index < -0.39 is 0 Å². The molecule has 0 radical (unpaired) electrons. The fourth-order valence-corrected chi connectivity index (χ4v) is 3.04. The van der Waals surface area contributed by atoms with Crippen LogP contribution >= 0.6 is 0 Å². The summed E-state index contributed by atoms with van der Waals surface area (Å²) < 4.78 is 0. The van der Waals surface area contributed by atoms with E-state index in [-0.39, 0.29) is 0 Å². The minimum Gasteiger partial charge on any atom is -0.297 e. The number of hydrogen-bond donors (Lipinski definition) is 0. The minimum atomic E-state index is 0.482. The van der Waals surface area contributed by atoms with Gasteiger partial charge in [0.2, 0.25) is 0 Å². The molecule has 0 aromatic rings. The van der Waals surface area contributed by atoms with Crippen LogP contribution in [0.1, 0.15) is 59.3 Å². The molecule has 0 N–H and O–H groups in total. The molecule has 0 amide bonds. The van der Waals surface area contributed by atoms with Gasteiger partial charge in [-0.3, -0.25) is 4.90 Å².